The molecule has 0 amide bonds. The van der Waals surface area contributed by atoms with Gasteiger partial charge in [-0.1, -0.05) is 25.8 Å². The van der Waals surface area contributed by atoms with Gasteiger partial charge in [-0.15, -0.1) is 0 Å². The van der Waals surface area contributed by atoms with Crippen molar-refractivity contribution >= 4 is 0 Å². The van der Waals surface area contributed by atoms with Crippen molar-refractivity contribution in [2.75, 3.05) is 0 Å². The molecule has 24 heavy (non-hydrogen) atoms. The van der Waals surface area contributed by atoms with Gasteiger partial charge in [0.05, 0.1) is 0 Å². The Morgan fingerprint density at radius 3 is 1.96 bits per heavy atom. The lowest BCUT2D eigenvalue weighted by molar-refractivity contribution is -0.413. The van der Waals surface area contributed by atoms with E-state index < -0.39 is 41.5 Å². The van der Waals surface area contributed by atoms with Gasteiger partial charge in [-0.05, 0) is 31.3 Å². The summed E-state index contributed by atoms with van der Waals surface area (Å²) in [6.07, 6.45) is -6.22. The van der Waals surface area contributed by atoms with Crippen molar-refractivity contribution in [3.8, 4) is 0 Å². The third kappa shape index (κ3) is 3.01. The molecule has 142 valence electrons. The summed E-state index contributed by atoms with van der Waals surface area (Å²) >= 11 is 0. The van der Waals surface area contributed by atoms with E-state index in [9.17, 15) is 44.6 Å². The number of allylic oxidation sites excluding steroid dienone is 1. The summed E-state index contributed by atoms with van der Waals surface area (Å²) in [6, 6.07) is 0. The molecule has 0 saturated carbocycles. The molecule has 1 unspecified atom stereocenters. The zero-order valence-electron chi connectivity index (χ0n) is 12.7. The minimum Gasteiger partial charge on any atom is -0.379 e. The topological polar surface area (TPSA) is 20.2 Å². The molecule has 0 aliphatic heterocycles. The SMILES string of the molecule is CCCCCC1=CCCC1(O)C(F)(F)C(F)(F)C(F)(F)C(F)(F)F. The molecule has 0 fully saturated rings. The molecule has 0 bridgehead atoms. The molecular formula is C14H17F9O. The summed E-state index contributed by atoms with van der Waals surface area (Å²) in [5.41, 5.74) is -4.36. The first-order chi connectivity index (χ1) is 10.7. The van der Waals surface area contributed by atoms with Crippen LogP contribution >= 0.6 is 0 Å². The van der Waals surface area contributed by atoms with E-state index in [0.29, 0.717) is 12.8 Å². The zero-order chi connectivity index (χ0) is 19.0. The van der Waals surface area contributed by atoms with Crippen LogP contribution in [-0.2, 0) is 0 Å². The molecule has 0 saturated heterocycles. The molecule has 0 radical (unpaired) electrons. The Bertz CT molecular complexity index is 481. The molecule has 1 rings (SSSR count). The van der Waals surface area contributed by atoms with Crippen molar-refractivity contribution in [1.82, 2.24) is 0 Å². The summed E-state index contributed by atoms with van der Waals surface area (Å²) in [5, 5.41) is 9.94. The highest BCUT2D eigenvalue weighted by Gasteiger charge is 2.85. The molecule has 0 heterocycles. The molecule has 0 aromatic rings. The first kappa shape index (κ1) is 21.1. The maximum absolute atomic E-state index is 14.1. The van der Waals surface area contributed by atoms with Crippen molar-refractivity contribution in [1.29, 1.82) is 0 Å². The highest BCUT2D eigenvalue weighted by Crippen LogP contribution is 2.59. The van der Waals surface area contributed by atoms with E-state index in [1.54, 1.807) is 6.92 Å². The zero-order valence-corrected chi connectivity index (χ0v) is 12.7. The predicted octanol–water partition coefficient (Wildman–Crippen LogP) is 5.49. The van der Waals surface area contributed by atoms with Crippen molar-refractivity contribution < 1.29 is 44.6 Å². The van der Waals surface area contributed by atoms with Crippen LogP contribution in [0.1, 0.15) is 45.4 Å². The third-order valence-electron chi connectivity index (χ3n) is 4.14. The number of hydrogen-bond donors (Lipinski definition) is 1. The summed E-state index contributed by atoms with van der Waals surface area (Å²) in [7, 11) is 0. The van der Waals surface area contributed by atoms with Gasteiger partial charge >= 0.3 is 23.9 Å². The summed E-state index contributed by atoms with van der Waals surface area (Å²) in [4.78, 5) is 0. The van der Waals surface area contributed by atoms with Gasteiger partial charge in [0.15, 0.2) is 5.60 Å². The van der Waals surface area contributed by atoms with Gasteiger partial charge in [0.1, 0.15) is 0 Å². The minimum absolute atomic E-state index is 0.210. The van der Waals surface area contributed by atoms with Crippen molar-refractivity contribution in [2.45, 2.75) is 75.0 Å². The summed E-state index contributed by atoms with van der Waals surface area (Å²) in [6.45, 7) is 1.75. The Labute approximate surface area is 132 Å². The van der Waals surface area contributed by atoms with Crippen LogP contribution in [0.4, 0.5) is 39.5 Å². The van der Waals surface area contributed by atoms with Crippen LogP contribution in [-0.4, -0.2) is 34.7 Å². The van der Waals surface area contributed by atoms with Gasteiger partial charge in [0, 0.05) is 0 Å². The maximum atomic E-state index is 14.1. The number of aliphatic hydroxyl groups is 1. The Morgan fingerprint density at radius 1 is 0.958 bits per heavy atom. The molecule has 0 aromatic heterocycles. The Morgan fingerprint density at radius 2 is 1.50 bits per heavy atom. The average Bonchev–Trinajstić information content (AvgIpc) is 2.80. The second-order valence-corrected chi connectivity index (χ2v) is 5.81. The van der Waals surface area contributed by atoms with Crippen molar-refractivity contribution in [3.05, 3.63) is 11.6 Å². The van der Waals surface area contributed by atoms with Gasteiger partial charge in [0.25, 0.3) is 0 Å². The molecule has 1 aliphatic carbocycles. The van der Waals surface area contributed by atoms with Crippen LogP contribution in [0, 0.1) is 0 Å². The molecule has 1 N–H and O–H groups in total. The predicted molar refractivity (Wildman–Crippen MR) is 67.3 cm³/mol. The highest BCUT2D eigenvalue weighted by molar-refractivity contribution is 5.30. The smallest absolute Gasteiger partial charge is 0.379 e. The van der Waals surface area contributed by atoms with Gasteiger partial charge in [-0.3, -0.25) is 0 Å². The summed E-state index contributed by atoms with van der Waals surface area (Å²) < 4.78 is 118. The molecule has 1 atom stereocenters. The minimum atomic E-state index is -6.99. The van der Waals surface area contributed by atoms with Gasteiger partial charge in [0.2, 0.25) is 0 Å². The third-order valence-corrected chi connectivity index (χ3v) is 4.14. The number of alkyl halides is 9. The van der Waals surface area contributed by atoms with Crippen LogP contribution in [0.15, 0.2) is 11.6 Å². The van der Waals surface area contributed by atoms with Crippen molar-refractivity contribution in [2.24, 2.45) is 0 Å². The lowest BCUT2D eigenvalue weighted by Gasteiger charge is -2.42. The van der Waals surface area contributed by atoms with E-state index in [4.69, 9.17) is 0 Å². The van der Waals surface area contributed by atoms with Crippen LogP contribution < -0.4 is 0 Å². The highest BCUT2D eigenvalue weighted by atomic mass is 19.4. The number of halogens is 9. The molecule has 1 nitrogen and oxygen atoms in total. The van der Waals surface area contributed by atoms with Crippen LogP contribution in [0.25, 0.3) is 0 Å². The normalized spacial score (nSPS) is 23.5. The standard InChI is InChI=1S/C14H17F9O/c1-2-3-4-6-9-7-5-8-10(9,24)11(15,16)12(17,18)13(19,20)14(21,22)23/h7,24H,2-6,8H2,1H3. The largest absolute Gasteiger partial charge is 0.460 e. The van der Waals surface area contributed by atoms with Gasteiger partial charge < -0.3 is 5.11 Å². The Kier molecular flexibility index (Phi) is 5.65. The van der Waals surface area contributed by atoms with Crippen LogP contribution in [0.5, 0.6) is 0 Å². The van der Waals surface area contributed by atoms with Crippen molar-refractivity contribution in [3.63, 3.8) is 0 Å². The molecular weight excluding hydrogens is 355 g/mol. The molecule has 10 heteroatoms. The van der Waals surface area contributed by atoms with Crippen LogP contribution in [0.3, 0.4) is 0 Å². The second-order valence-electron chi connectivity index (χ2n) is 5.81. The van der Waals surface area contributed by atoms with E-state index in [-0.39, 0.29) is 19.3 Å². The lowest BCUT2D eigenvalue weighted by atomic mass is 9.80. The first-order valence-corrected chi connectivity index (χ1v) is 7.29. The number of unbranched alkanes of at least 4 members (excludes halogenated alkanes) is 2. The quantitative estimate of drug-likeness (QED) is 0.356. The summed E-state index contributed by atoms with van der Waals surface area (Å²) in [5.74, 6) is -19.8. The fourth-order valence-electron chi connectivity index (χ4n) is 2.65. The van der Waals surface area contributed by atoms with Crippen LogP contribution in [0.2, 0.25) is 0 Å². The number of hydrogen-bond acceptors (Lipinski definition) is 1. The Balaban J connectivity index is 3.23. The maximum Gasteiger partial charge on any atom is 0.460 e. The van der Waals surface area contributed by atoms with Gasteiger partial charge in [-0.25, -0.2) is 0 Å². The van der Waals surface area contributed by atoms with E-state index >= 15 is 0 Å². The molecule has 1 aliphatic rings. The second kappa shape index (κ2) is 6.42. The molecule has 0 aromatic carbocycles. The van der Waals surface area contributed by atoms with E-state index in [1.807, 2.05) is 0 Å². The molecule has 0 spiro atoms. The van der Waals surface area contributed by atoms with Gasteiger partial charge in [-0.2, -0.15) is 39.5 Å². The fraction of sp³-hybridized carbons (Fsp3) is 0.857. The van der Waals surface area contributed by atoms with E-state index in [1.165, 1.54) is 0 Å². The monoisotopic (exact) mass is 372 g/mol. The Hall–Kier alpha value is -0.930. The van der Waals surface area contributed by atoms with E-state index in [0.717, 1.165) is 6.08 Å². The lowest BCUT2D eigenvalue weighted by Crippen LogP contribution is -2.68. The fourth-order valence-corrected chi connectivity index (χ4v) is 2.65. The first-order valence-electron chi connectivity index (χ1n) is 7.29. The number of rotatable bonds is 7. The van der Waals surface area contributed by atoms with E-state index in [2.05, 4.69) is 0 Å². The average molecular weight is 372 g/mol.